The molecular weight excluding hydrogens is 302 g/mol. The second kappa shape index (κ2) is 6.85. The molecule has 1 saturated heterocycles. The Labute approximate surface area is 132 Å². The minimum atomic E-state index is -0.229. The summed E-state index contributed by atoms with van der Waals surface area (Å²) in [7, 11) is 0. The van der Waals surface area contributed by atoms with E-state index in [9.17, 15) is 4.79 Å². The van der Waals surface area contributed by atoms with Crippen molar-refractivity contribution in [2.75, 3.05) is 18.5 Å². The fraction of sp³-hybridized carbons (Fsp3) is 0.400. The Morgan fingerprint density at radius 3 is 3.09 bits per heavy atom. The zero-order chi connectivity index (χ0) is 15.4. The van der Waals surface area contributed by atoms with Gasteiger partial charge in [-0.15, -0.1) is 11.3 Å². The first-order valence-electron chi connectivity index (χ1n) is 7.14. The van der Waals surface area contributed by atoms with Crippen molar-refractivity contribution in [3.63, 3.8) is 0 Å². The summed E-state index contributed by atoms with van der Waals surface area (Å²) in [5, 5.41) is 5.21. The minimum absolute atomic E-state index is 0.151. The van der Waals surface area contributed by atoms with E-state index in [0.717, 1.165) is 25.1 Å². The van der Waals surface area contributed by atoms with Gasteiger partial charge in [0, 0.05) is 24.3 Å². The van der Waals surface area contributed by atoms with Gasteiger partial charge in [0.05, 0.1) is 17.4 Å². The molecule has 0 radical (unpaired) electrons. The van der Waals surface area contributed by atoms with Crippen LogP contribution in [0.3, 0.4) is 0 Å². The number of carbonyl (C=O) groups is 1. The average molecular weight is 319 g/mol. The summed E-state index contributed by atoms with van der Waals surface area (Å²) in [6.45, 7) is 3.18. The molecule has 0 aliphatic carbocycles. The van der Waals surface area contributed by atoms with E-state index in [4.69, 9.17) is 9.47 Å². The van der Waals surface area contributed by atoms with Gasteiger partial charge in [-0.25, -0.2) is 9.97 Å². The second-order valence-corrected chi connectivity index (χ2v) is 5.94. The topological polar surface area (TPSA) is 73.3 Å². The van der Waals surface area contributed by atoms with Gasteiger partial charge in [-0.05, 0) is 25.8 Å². The predicted molar refractivity (Wildman–Crippen MR) is 83.5 cm³/mol. The number of hydrogen-bond acceptors (Lipinski definition) is 6. The summed E-state index contributed by atoms with van der Waals surface area (Å²) in [4.78, 5) is 20.4. The number of pyridine rings is 1. The van der Waals surface area contributed by atoms with Crippen LogP contribution in [0.5, 0.6) is 5.88 Å². The minimum Gasteiger partial charge on any atom is -0.475 e. The van der Waals surface area contributed by atoms with Crippen LogP contribution in [0.2, 0.25) is 0 Å². The first kappa shape index (κ1) is 14.9. The van der Waals surface area contributed by atoms with Gasteiger partial charge in [0.1, 0.15) is 6.61 Å². The van der Waals surface area contributed by atoms with Crippen LogP contribution in [0.15, 0.2) is 23.7 Å². The number of amides is 1. The molecule has 22 heavy (non-hydrogen) atoms. The van der Waals surface area contributed by atoms with Gasteiger partial charge in [0.15, 0.2) is 5.13 Å². The van der Waals surface area contributed by atoms with E-state index in [1.54, 1.807) is 12.1 Å². The van der Waals surface area contributed by atoms with Crippen molar-refractivity contribution in [3.05, 3.63) is 35.0 Å². The highest BCUT2D eigenvalue weighted by Gasteiger charge is 2.16. The van der Waals surface area contributed by atoms with Gasteiger partial charge < -0.3 is 9.47 Å². The number of nitrogens with one attached hydrogen (secondary N) is 1. The molecular formula is C15H17N3O3S. The third kappa shape index (κ3) is 3.80. The van der Waals surface area contributed by atoms with Gasteiger partial charge in [0.25, 0.3) is 5.91 Å². The molecule has 0 aromatic carbocycles. The molecule has 2 aromatic heterocycles. The maximum Gasteiger partial charge on any atom is 0.259 e. The van der Waals surface area contributed by atoms with Crippen LogP contribution in [0.25, 0.3) is 0 Å². The summed E-state index contributed by atoms with van der Waals surface area (Å²) in [6, 6.07) is 3.38. The van der Waals surface area contributed by atoms with E-state index in [1.165, 1.54) is 17.5 Å². The van der Waals surface area contributed by atoms with E-state index >= 15 is 0 Å². The first-order chi connectivity index (χ1) is 10.7. The Bertz CT molecular complexity index is 636. The highest BCUT2D eigenvalue weighted by molar-refractivity contribution is 7.13. The van der Waals surface area contributed by atoms with Crippen LogP contribution >= 0.6 is 11.3 Å². The second-order valence-electron chi connectivity index (χ2n) is 5.08. The number of thiazole rings is 1. The smallest absolute Gasteiger partial charge is 0.259 e. The highest BCUT2D eigenvalue weighted by Crippen LogP contribution is 2.17. The molecule has 1 N–H and O–H groups in total. The van der Waals surface area contributed by atoms with Crippen LogP contribution in [0.4, 0.5) is 5.13 Å². The maximum atomic E-state index is 12.1. The Kier molecular flexibility index (Phi) is 4.65. The molecule has 1 aliphatic rings. The van der Waals surface area contributed by atoms with Crippen molar-refractivity contribution >= 4 is 22.4 Å². The molecule has 1 fully saturated rings. The largest absolute Gasteiger partial charge is 0.475 e. The number of hydrogen-bond donors (Lipinski definition) is 1. The van der Waals surface area contributed by atoms with E-state index in [-0.39, 0.29) is 12.0 Å². The Balaban J connectivity index is 1.54. The number of nitrogens with zero attached hydrogens (tertiary/aromatic N) is 2. The molecule has 0 saturated carbocycles. The number of ether oxygens (including phenoxy) is 2. The average Bonchev–Trinajstić information content (AvgIpc) is 3.17. The monoisotopic (exact) mass is 319 g/mol. The van der Waals surface area contributed by atoms with Crippen LogP contribution in [-0.4, -0.2) is 35.2 Å². The number of aromatic nitrogens is 2. The standard InChI is InChI=1S/C15H17N3O3S/c1-10-9-22-15(17-10)18-14(19)11-4-5-13(16-7-11)21-8-12-3-2-6-20-12/h4-5,7,9,12H,2-3,6,8H2,1H3,(H,17,18,19)/t12-/m0/s1. The van der Waals surface area contributed by atoms with Gasteiger partial charge in [-0.1, -0.05) is 0 Å². The van der Waals surface area contributed by atoms with E-state index in [1.807, 2.05) is 12.3 Å². The molecule has 0 unspecified atom stereocenters. The predicted octanol–water partition coefficient (Wildman–Crippen LogP) is 2.66. The molecule has 0 spiro atoms. The Morgan fingerprint density at radius 1 is 1.55 bits per heavy atom. The fourth-order valence-electron chi connectivity index (χ4n) is 2.13. The van der Waals surface area contributed by atoms with Crippen LogP contribution in [0.1, 0.15) is 28.9 Å². The lowest BCUT2D eigenvalue weighted by Gasteiger charge is -2.10. The molecule has 1 aliphatic heterocycles. The first-order valence-corrected chi connectivity index (χ1v) is 8.02. The van der Waals surface area contributed by atoms with Crippen molar-refractivity contribution in [2.45, 2.75) is 25.9 Å². The van der Waals surface area contributed by atoms with Crippen molar-refractivity contribution in [3.8, 4) is 5.88 Å². The summed E-state index contributed by atoms with van der Waals surface area (Å²) < 4.78 is 11.1. The normalized spacial score (nSPS) is 17.4. The van der Waals surface area contributed by atoms with Crippen LogP contribution < -0.4 is 10.1 Å². The SMILES string of the molecule is Cc1csc(NC(=O)c2ccc(OC[C@@H]3CCCO3)nc2)n1. The Hall–Kier alpha value is -1.99. The lowest BCUT2D eigenvalue weighted by molar-refractivity contribution is 0.0663. The lowest BCUT2D eigenvalue weighted by atomic mass is 10.2. The summed E-state index contributed by atoms with van der Waals surface area (Å²) in [5.41, 5.74) is 1.36. The van der Waals surface area contributed by atoms with Crippen molar-refractivity contribution in [2.24, 2.45) is 0 Å². The van der Waals surface area contributed by atoms with Gasteiger partial charge in [-0.3, -0.25) is 10.1 Å². The molecule has 116 valence electrons. The molecule has 3 heterocycles. The number of anilines is 1. The van der Waals surface area contributed by atoms with Crippen LogP contribution in [0, 0.1) is 6.92 Å². The van der Waals surface area contributed by atoms with E-state index in [0.29, 0.717) is 23.2 Å². The van der Waals surface area contributed by atoms with E-state index < -0.39 is 0 Å². The van der Waals surface area contributed by atoms with Crippen molar-refractivity contribution in [1.29, 1.82) is 0 Å². The summed E-state index contributed by atoms with van der Waals surface area (Å²) in [6.07, 6.45) is 3.75. The van der Waals surface area contributed by atoms with Gasteiger partial charge in [-0.2, -0.15) is 0 Å². The molecule has 3 rings (SSSR count). The molecule has 7 heteroatoms. The van der Waals surface area contributed by atoms with Crippen LogP contribution in [-0.2, 0) is 4.74 Å². The maximum absolute atomic E-state index is 12.1. The molecule has 2 aromatic rings. The molecule has 1 atom stereocenters. The summed E-state index contributed by atoms with van der Waals surface area (Å²) >= 11 is 1.40. The van der Waals surface area contributed by atoms with Crippen molar-refractivity contribution < 1.29 is 14.3 Å². The van der Waals surface area contributed by atoms with Crippen molar-refractivity contribution in [1.82, 2.24) is 9.97 Å². The quantitative estimate of drug-likeness (QED) is 0.917. The zero-order valence-electron chi connectivity index (χ0n) is 12.2. The lowest BCUT2D eigenvalue weighted by Crippen LogP contribution is -2.17. The fourth-order valence-corrected chi connectivity index (χ4v) is 2.82. The molecule has 1 amide bonds. The third-order valence-electron chi connectivity index (χ3n) is 3.28. The third-order valence-corrected chi connectivity index (χ3v) is 4.15. The molecule has 0 bridgehead atoms. The number of aryl methyl sites for hydroxylation is 1. The summed E-state index contributed by atoms with van der Waals surface area (Å²) in [5.74, 6) is 0.268. The van der Waals surface area contributed by atoms with Gasteiger partial charge >= 0.3 is 0 Å². The highest BCUT2D eigenvalue weighted by atomic mass is 32.1. The van der Waals surface area contributed by atoms with Gasteiger partial charge in [0.2, 0.25) is 5.88 Å². The number of rotatable bonds is 5. The number of carbonyl (C=O) groups excluding carboxylic acids is 1. The molecule has 6 nitrogen and oxygen atoms in total. The zero-order valence-corrected chi connectivity index (χ0v) is 13.1. The van der Waals surface area contributed by atoms with E-state index in [2.05, 4.69) is 15.3 Å². The Morgan fingerprint density at radius 2 is 2.45 bits per heavy atom.